The lowest BCUT2D eigenvalue weighted by Crippen LogP contribution is -1.95. The summed E-state index contributed by atoms with van der Waals surface area (Å²) < 4.78 is 4.85. The van der Waals surface area contributed by atoms with Crippen LogP contribution >= 0.6 is 0 Å². The van der Waals surface area contributed by atoms with Gasteiger partial charge in [-0.3, -0.25) is 0 Å². The molecule has 0 N–H and O–H groups in total. The Bertz CT molecular complexity index is 3330. The lowest BCUT2D eigenvalue weighted by molar-refractivity contribution is 1.17. The first-order chi connectivity index (χ1) is 27.3. The van der Waals surface area contributed by atoms with Gasteiger partial charge in [-0.05, 0) is 122 Å². The molecule has 2 heterocycles. The number of aromatic nitrogens is 2. The average molecular weight is 699 g/mol. The third kappa shape index (κ3) is 4.55. The summed E-state index contributed by atoms with van der Waals surface area (Å²) in [6.07, 6.45) is 1.00. The molecule has 2 aromatic heterocycles. The van der Waals surface area contributed by atoms with Crippen molar-refractivity contribution < 1.29 is 0 Å². The van der Waals surface area contributed by atoms with Crippen LogP contribution in [0.4, 0.5) is 0 Å². The van der Waals surface area contributed by atoms with Crippen LogP contribution < -0.4 is 0 Å². The van der Waals surface area contributed by atoms with Crippen LogP contribution in [-0.2, 0) is 6.42 Å². The van der Waals surface area contributed by atoms with Gasteiger partial charge in [0, 0.05) is 32.9 Å². The molecule has 1 aliphatic rings. The second kappa shape index (κ2) is 11.7. The first-order valence-electron chi connectivity index (χ1n) is 19.1. The highest BCUT2D eigenvalue weighted by Crippen LogP contribution is 2.41. The molecular formula is C53H34N2. The molecule has 1 aliphatic carbocycles. The van der Waals surface area contributed by atoms with Gasteiger partial charge in [0.25, 0.3) is 0 Å². The molecule has 0 amide bonds. The zero-order valence-electron chi connectivity index (χ0n) is 30.1. The highest BCUT2D eigenvalue weighted by molar-refractivity contribution is 6.13. The van der Waals surface area contributed by atoms with Crippen LogP contribution in [-0.4, -0.2) is 9.13 Å². The molecule has 2 nitrogen and oxygen atoms in total. The lowest BCUT2D eigenvalue weighted by Gasteiger charge is -2.12. The molecule has 0 aliphatic heterocycles. The molecule has 0 atom stereocenters. The summed E-state index contributed by atoms with van der Waals surface area (Å²) in [6, 6.07) is 71.7. The number of benzene rings is 9. The van der Waals surface area contributed by atoms with Crippen LogP contribution in [0.2, 0.25) is 0 Å². The monoisotopic (exact) mass is 698 g/mol. The largest absolute Gasteiger partial charge is 0.309 e. The van der Waals surface area contributed by atoms with Crippen molar-refractivity contribution in [1.29, 1.82) is 0 Å². The van der Waals surface area contributed by atoms with E-state index >= 15 is 0 Å². The SMILES string of the molecule is c1ccc2c(c1)Cc1ccc(-n3c4ccccc4c4cc(-c5ccc6c(c5)c5ccccc5n6-c5ccc(-c6cccc7ccccc67)cc5)ccc43)cc1-2. The van der Waals surface area contributed by atoms with Crippen LogP contribution in [0.1, 0.15) is 11.1 Å². The Balaban J connectivity index is 0.973. The molecule has 0 spiro atoms. The second-order valence-electron chi connectivity index (χ2n) is 14.9. The van der Waals surface area contributed by atoms with Gasteiger partial charge in [-0.15, -0.1) is 0 Å². The van der Waals surface area contributed by atoms with Crippen molar-refractivity contribution in [2.45, 2.75) is 6.42 Å². The number of hydrogen-bond acceptors (Lipinski definition) is 0. The number of para-hydroxylation sites is 2. The number of hydrogen-bond donors (Lipinski definition) is 0. The quantitative estimate of drug-likeness (QED) is 0.173. The van der Waals surface area contributed by atoms with Gasteiger partial charge in [-0.1, -0.05) is 133 Å². The van der Waals surface area contributed by atoms with E-state index in [0.29, 0.717) is 0 Å². The average Bonchev–Trinajstić information content (AvgIpc) is 3.90. The molecule has 2 heteroatoms. The molecule has 0 bridgehead atoms. The maximum absolute atomic E-state index is 2.44. The molecule has 55 heavy (non-hydrogen) atoms. The minimum atomic E-state index is 1.00. The van der Waals surface area contributed by atoms with Gasteiger partial charge < -0.3 is 9.13 Å². The summed E-state index contributed by atoms with van der Waals surface area (Å²) in [6.45, 7) is 0. The summed E-state index contributed by atoms with van der Waals surface area (Å²) in [5.41, 5.74) is 17.7. The second-order valence-corrected chi connectivity index (χ2v) is 14.9. The Labute approximate surface area is 318 Å². The van der Waals surface area contributed by atoms with Crippen LogP contribution in [0.3, 0.4) is 0 Å². The van der Waals surface area contributed by atoms with Crippen molar-refractivity contribution in [1.82, 2.24) is 9.13 Å². The maximum atomic E-state index is 2.44. The van der Waals surface area contributed by atoms with Gasteiger partial charge in [-0.25, -0.2) is 0 Å². The zero-order chi connectivity index (χ0) is 36.0. The minimum Gasteiger partial charge on any atom is -0.309 e. The van der Waals surface area contributed by atoms with E-state index in [1.165, 1.54) is 105 Å². The summed E-state index contributed by atoms with van der Waals surface area (Å²) >= 11 is 0. The van der Waals surface area contributed by atoms with E-state index in [-0.39, 0.29) is 0 Å². The summed E-state index contributed by atoms with van der Waals surface area (Å²) in [5.74, 6) is 0. The smallest absolute Gasteiger partial charge is 0.0541 e. The molecule has 11 aromatic rings. The van der Waals surface area contributed by atoms with Crippen LogP contribution in [0, 0.1) is 0 Å². The Morgan fingerprint density at radius 2 is 0.800 bits per heavy atom. The Kier molecular flexibility index (Phi) is 6.43. The van der Waals surface area contributed by atoms with E-state index in [1.807, 2.05) is 0 Å². The molecule has 0 unspecified atom stereocenters. The molecule has 0 saturated heterocycles. The highest BCUT2D eigenvalue weighted by Gasteiger charge is 2.21. The first-order valence-corrected chi connectivity index (χ1v) is 19.1. The Hall–Kier alpha value is -7.16. The van der Waals surface area contributed by atoms with Crippen LogP contribution in [0.15, 0.2) is 194 Å². The molecule has 0 saturated carbocycles. The van der Waals surface area contributed by atoms with Gasteiger partial charge in [0.15, 0.2) is 0 Å². The van der Waals surface area contributed by atoms with Crippen molar-refractivity contribution in [2.24, 2.45) is 0 Å². The standard InChI is InChI=1S/C53H34N2/c1-3-13-42-34(10-1)12-9-17-43(42)35-20-25-40(26-21-35)54-50-18-7-5-15-45(50)48-31-36(23-28-52(48)54)37-24-29-53-49(32-37)46-16-6-8-19-51(46)55(53)41-27-22-39-30-38-11-2-4-14-44(38)47(39)33-41/h1-29,31-33H,30H2. The fraction of sp³-hybridized carbons (Fsp3) is 0.0189. The lowest BCUT2D eigenvalue weighted by atomic mass is 9.98. The van der Waals surface area contributed by atoms with Crippen molar-refractivity contribution in [2.75, 3.05) is 0 Å². The third-order valence-electron chi connectivity index (χ3n) is 11.9. The van der Waals surface area contributed by atoms with Gasteiger partial charge in [0.2, 0.25) is 0 Å². The molecule has 0 radical (unpaired) electrons. The van der Waals surface area contributed by atoms with Crippen molar-refractivity contribution in [3.05, 3.63) is 205 Å². The molecule has 256 valence electrons. The predicted molar refractivity (Wildman–Crippen MR) is 232 cm³/mol. The van der Waals surface area contributed by atoms with Gasteiger partial charge in [-0.2, -0.15) is 0 Å². The van der Waals surface area contributed by atoms with Crippen LogP contribution in [0.5, 0.6) is 0 Å². The van der Waals surface area contributed by atoms with Crippen molar-refractivity contribution in [3.8, 4) is 44.8 Å². The predicted octanol–water partition coefficient (Wildman–Crippen LogP) is 13.9. The topological polar surface area (TPSA) is 9.86 Å². The summed E-state index contributed by atoms with van der Waals surface area (Å²) in [7, 11) is 0. The van der Waals surface area contributed by atoms with E-state index in [4.69, 9.17) is 0 Å². The number of nitrogens with zero attached hydrogens (tertiary/aromatic N) is 2. The third-order valence-corrected chi connectivity index (χ3v) is 11.9. The van der Waals surface area contributed by atoms with E-state index in [0.717, 1.165) is 12.1 Å². The van der Waals surface area contributed by atoms with Gasteiger partial charge in [0.05, 0.1) is 22.1 Å². The number of rotatable bonds is 4. The first kappa shape index (κ1) is 30.3. The van der Waals surface area contributed by atoms with E-state index < -0.39 is 0 Å². The maximum Gasteiger partial charge on any atom is 0.0541 e. The molecule has 9 aromatic carbocycles. The highest BCUT2D eigenvalue weighted by atomic mass is 15.0. The summed E-state index contributed by atoms with van der Waals surface area (Å²) in [5, 5.41) is 7.59. The summed E-state index contributed by atoms with van der Waals surface area (Å²) in [4.78, 5) is 0. The van der Waals surface area contributed by atoms with E-state index in [9.17, 15) is 0 Å². The Morgan fingerprint density at radius 3 is 1.53 bits per heavy atom. The van der Waals surface area contributed by atoms with Gasteiger partial charge >= 0.3 is 0 Å². The normalized spacial score (nSPS) is 12.3. The number of fused-ring (bicyclic) bond motifs is 10. The fourth-order valence-electron chi connectivity index (χ4n) is 9.38. The van der Waals surface area contributed by atoms with Crippen LogP contribution in [0.25, 0.3) is 99.1 Å². The molecule has 0 fully saturated rings. The Morgan fingerprint density at radius 1 is 0.291 bits per heavy atom. The van der Waals surface area contributed by atoms with Crippen molar-refractivity contribution >= 4 is 54.4 Å². The van der Waals surface area contributed by atoms with Crippen molar-refractivity contribution in [3.63, 3.8) is 0 Å². The van der Waals surface area contributed by atoms with Gasteiger partial charge in [0.1, 0.15) is 0 Å². The molecular weight excluding hydrogens is 665 g/mol. The van der Waals surface area contributed by atoms with E-state index in [2.05, 4.69) is 203 Å². The molecule has 12 rings (SSSR count). The minimum absolute atomic E-state index is 1.00. The zero-order valence-corrected chi connectivity index (χ0v) is 30.1. The fourth-order valence-corrected chi connectivity index (χ4v) is 9.38. The van der Waals surface area contributed by atoms with E-state index in [1.54, 1.807) is 0 Å².